The molecule has 4 rings (SSSR count). The van der Waals surface area contributed by atoms with Crippen LogP contribution in [0.2, 0.25) is 0 Å². The number of nitrogens with zero attached hydrogens (tertiary/aromatic N) is 4. The highest BCUT2D eigenvalue weighted by molar-refractivity contribution is 7.99. The van der Waals surface area contributed by atoms with Gasteiger partial charge < -0.3 is 9.64 Å². The zero-order valence-corrected chi connectivity index (χ0v) is 19.5. The number of amides is 1. The number of methoxy groups -OCH3 is 1. The molecule has 10 heteroatoms. The van der Waals surface area contributed by atoms with Crippen LogP contribution in [0.15, 0.2) is 53.7 Å². The Morgan fingerprint density at radius 2 is 1.74 bits per heavy atom. The molecule has 3 aromatic rings. The summed E-state index contributed by atoms with van der Waals surface area (Å²) in [6, 6.07) is 12.0. The second-order valence-electron chi connectivity index (χ2n) is 8.00. The number of alkyl halides is 3. The van der Waals surface area contributed by atoms with Crippen molar-refractivity contribution in [1.82, 2.24) is 19.7 Å². The Hall–Kier alpha value is -3.01. The molecule has 180 valence electrons. The first-order valence-corrected chi connectivity index (χ1v) is 12.0. The maximum atomic E-state index is 13.4. The van der Waals surface area contributed by atoms with Crippen LogP contribution >= 0.6 is 11.8 Å². The summed E-state index contributed by atoms with van der Waals surface area (Å²) in [5.74, 6) is 1.16. The highest BCUT2D eigenvalue weighted by Crippen LogP contribution is 2.34. The fourth-order valence-corrected chi connectivity index (χ4v) is 4.74. The number of benzene rings is 2. The average molecular weight is 491 g/mol. The number of ether oxygens (including phenoxy) is 1. The number of rotatable bonds is 6. The predicted octanol–water partition coefficient (Wildman–Crippen LogP) is 5.46. The van der Waals surface area contributed by atoms with Gasteiger partial charge in [0.25, 0.3) is 0 Å². The van der Waals surface area contributed by atoms with Crippen LogP contribution in [0, 0.1) is 0 Å². The SMILES string of the molecule is COc1ccc(-c2nnc(SCC(=O)N3CCCCCC3)n2-c2cccc(C(F)(F)F)c2)cc1. The lowest BCUT2D eigenvalue weighted by atomic mass is 10.1. The van der Waals surface area contributed by atoms with Gasteiger partial charge in [-0.2, -0.15) is 13.2 Å². The third-order valence-corrected chi connectivity index (χ3v) is 6.61. The van der Waals surface area contributed by atoms with Gasteiger partial charge in [0.1, 0.15) is 5.75 Å². The van der Waals surface area contributed by atoms with Gasteiger partial charge in [0.15, 0.2) is 11.0 Å². The van der Waals surface area contributed by atoms with Crippen molar-refractivity contribution in [3.8, 4) is 22.8 Å². The summed E-state index contributed by atoms with van der Waals surface area (Å²) >= 11 is 1.18. The van der Waals surface area contributed by atoms with Crippen LogP contribution in [0.3, 0.4) is 0 Å². The first-order chi connectivity index (χ1) is 16.4. The maximum absolute atomic E-state index is 13.4. The van der Waals surface area contributed by atoms with Gasteiger partial charge in [-0.15, -0.1) is 10.2 Å². The van der Waals surface area contributed by atoms with E-state index in [9.17, 15) is 18.0 Å². The first kappa shape index (κ1) is 24.1. The quantitative estimate of drug-likeness (QED) is 0.430. The number of hydrogen-bond acceptors (Lipinski definition) is 5. The Morgan fingerprint density at radius 3 is 2.38 bits per heavy atom. The fraction of sp³-hybridized carbons (Fsp3) is 0.375. The molecule has 0 aliphatic carbocycles. The van der Waals surface area contributed by atoms with E-state index < -0.39 is 11.7 Å². The molecule has 1 saturated heterocycles. The molecule has 2 aromatic carbocycles. The number of carbonyl (C=O) groups excluding carboxylic acids is 1. The lowest BCUT2D eigenvalue weighted by molar-refractivity contribution is -0.137. The van der Waals surface area contributed by atoms with E-state index in [4.69, 9.17) is 4.74 Å². The van der Waals surface area contributed by atoms with Gasteiger partial charge in [0.2, 0.25) is 5.91 Å². The van der Waals surface area contributed by atoms with E-state index in [1.165, 1.54) is 17.8 Å². The van der Waals surface area contributed by atoms with Crippen LogP contribution in [0.5, 0.6) is 5.75 Å². The van der Waals surface area contributed by atoms with Gasteiger partial charge in [-0.3, -0.25) is 9.36 Å². The second kappa shape index (κ2) is 10.5. The van der Waals surface area contributed by atoms with Crippen molar-refractivity contribution in [2.24, 2.45) is 0 Å². The van der Waals surface area contributed by atoms with Gasteiger partial charge in [-0.1, -0.05) is 30.7 Å². The maximum Gasteiger partial charge on any atom is 0.416 e. The highest BCUT2D eigenvalue weighted by Gasteiger charge is 2.31. The van der Waals surface area contributed by atoms with Gasteiger partial charge in [0.05, 0.1) is 24.1 Å². The third-order valence-electron chi connectivity index (χ3n) is 5.70. The molecule has 0 atom stereocenters. The van der Waals surface area contributed by atoms with Gasteiger partial charge >= 0.3 is 6.18 Å². The Bertz CT molecular complexity index is 1120. The number of carbonyl (C=O) groups is 1. The summed E-state index contributed by atoms with van der Waals surface area (Å²) in [6.07, 6.45) is -0.282. The molecule has 0 spiro atoms. The molecule has 0 radical (unpaired) electrons. The molecule has 1 fully saturated rings. The minimum atomic E-state index is -4.49. The van der Waals surface area contributed by atoms with Crippen molar-refractivity contribution in [1.29, 1.82) is 0 Å². The van der Waals surface area contributed by atoms with Crippen molar-refractivity contribution < 1.29 is 22.7 Å². The van der Waals surface area contributed by atoms with E-state index in [2.05, 4.69) is 10.2 Å². The predicted molar refractivity (Wildman–Crippen MR) is 124 cm³/mol. The van der Waals surface area contributed by atoms with Crippen LogP contribution in [0.4, 0.5) is 13.2 Å². The normalized spacial score (nSPS) is 14.6. The minimum Gasteiger partial charge on any atom is -0.497 e. The molecular weight excluding hydrogens is 465 g/mol. The van der Waals surface area contributed by atoms with Crippen LogP contribution in [0.1, 0.15) is 31.2 Å². The average Bonchev–Trinajstić information content (AvgIpc) is 3.06. The number of hydrogen-bond donors (Lipinski definition) is 0. The van der Waals surface area contributed by atoms with E-state index >= 15 is 0 Å². The molecule has 0 bridgehead atoms. The molecular formula is C24H25F3N4O2S. The summed E-state index contributed by atoms with van der Waals surface area (Å²) in [5.41, 5.74) is 0.169. The van der Waals surface area contributed by atoms with E-state index in [1.54, 1.807) is 42.0 Å². The van der Waals surface area contributed by atoms with E-state index in [-0.39, 0.29) is 17.3 Å². The van der Waals surface area contributed by atoms with E-state index in [1.807, 2.05) is 4.90 Å². The smallest absolute Gasteiger partial charge is 0.416 e. The Labute approximate surface area is 200 Å². The topological polar surface area (TPSA) is 60.3 Å². The van der Waals surface area contributed by atoms with Crippen LogP contribution in [0.25, 0.3) is 17.1 Å². The molecule has 34 heavy (non-hydrogen) atoms. The van der Waals surface area contributed by atoms with Crippen molar-refractivity contribution >= 4 is 17.7 Å². The Balaban J connectivity index is 1.67. The van der Waals surface area contributed by atoms with Crippen molar-refractivity contribution in [3.63, 3.8) is 0 Å². The fourth-order valence-electron chi connectivity index (χ4n) is 3.88. The summed E-state index contributed by atoms with van der Waals surface area (Å²) in [4.78, 5) is 14.6. The molecule has 1 aliphatic heterocycles. The number of likely N-dealkylation sites (tertiary alicyclic amines) is 1. The lowest BCUT2D eigenvalue weighted by Gasteiger charge is -2.20. The molecule has 0 unspecified atom stereocenters. The molecule has 0 saturated carbocycles. The molecule has 1 aliphatic rings. The largest absolute Gasteiger partial charge is 0.497 e. The number of aromatic nitrogens is 3. The van der Waals surface area contributed by atoms with Crippen LogP contribution in [-0.4, -0.2) is 51.5 Å². The molecule has 0 N–H and O–H groups in total. The Morgan fingerprint density at radius 1 is 1.03 bits per heavy atom. The standard InChI is InChI=1S/C24H25F3N4O2S/c1-33-20-11-9-17(10-12-20)22-28-29-23(34-16-21(32)30-13-4-2-3-5-14-30)31(22)19-8-6-7-18(15-19)24(25,26)27/h6-12,15H,2-5,13-14,16H2,1H3. The molecule has 2 heterocycles. The van der Waals surface area contributed by atoms with Crippen LogP contribution in [-0.2, 0) is 11.0 Å². The zero-order valence-electron chi connectivity index (χ0n) is 18.7. The second-order valence-corrected chi connectivity index (χ2v) is 8.94. The number of thioether (sulfide) groups is 1. The van der Waals surface area contributed by atoms with E-state index in [0.717, 1.165) is 50.9 Å². The third kappa shape index (κ3) is 5.55. The Kier molecular flexibility index (Phi) is 7.45. The first-order valence-electron chi connectivity index (χ1n) is 11.0. The van der Waals surface area contributed by atoms with Gasteiger partial charge in [-0.05, 0) is 55.3 Å². The zero-order chi connectivity index (χ0) is 24.1. The monoisotopic (exact) mass is 490 g/mol. The number of halogens is 3. The van der Waals surface area contributed by atoms with Crippen molar-refractivity contribution in [2.45, 2.75) is 37.0 Å². The van der Waals surface area contributed by atoms with Crippen LogP contribution < -0.4 is 4.74 Å². The summed E-state index contributed by atoms with van der Waals surface area (Å²) in [6.45, 7) is 1.47. The lowest BCUT2D eigenvalue weighted by Crippen LogP contribution is -2.33. The highest BCUT2D eigenvalue weighted by atomic mass is 32.2. The summed E-state index contributed by atoms with van der Waals surface area (Å²) < 4.78 is 47.0. The van der Waals surface area contributed by atoms with Crippen molar-refractivity contribution in [3.05, 3.63) is 54.1 Å². The summed E-state index contributed by atoms with van der Waals surface area (Å²) in [7, 11) is 1.55. The molecule has 1 aromatic heterocycles. The van der Waals surface area contributed by atoms with E-state index in [0.29, 0.717) is 22.3 Å². The molecule has 6 nitrogen and oxygen atoms in total. The molecule has 1 amide bonds. The van der Waals surface area contributed by atoms with Gasteiger partial charge in [0, 0.05) is 18.7 Å². The minimum absolute atomic E-state index is 0.00325. The van der Waals surface area contributed by atoms with Gasteiger partial charge in [-0.25, -0.2) is 0 Å². The van der Waals surface area contributed by atoms with Crippen molar-refractivity contribution in [2.75, 3.05) is 26.0 Å². The summed E-state index contributed by atoms with van der Waals surface area (Å²) in [5, 5.41) is 8.85.